The Kier molecular flexibility index (Phi) is 6.87. The van der Waals surface area contributed by atoms with Gasteiger partial charge in [0.15, 0.2) is 25.5 Å². The number of aliphatic imine (C=N–C) groups is 1. The van der Waals surface area contributed by atoms with E-state index in [2.05, 4.69) is 29.4 Å². The zero-order valence-corrected chi connectivity index (χ0v) is 14.5. The van der Waals surface area contributed by atoms with Gasteiger partial charge in [0.25, 0.3) is 0 Å². The van der Waals surface area contributed by atoms with Gasteiger partial charge in [0, 0.05) is 17.8 Å². The van der Waals surface area contributed by atoms with Crippen molar-refractivity contribution in [2.75, 3.05) is 11.9 Å². The summed E-state index contributed by atoms with van der Waals surface area (Å²) in [5.74, 6) is 0. The number of aromatic nitrogens is 1. The number of pyridine rings is 1. The van der Waals surface area contributed by atoms with E-state index in [9.17, 15) is 9.59 Å². The van der Waals surface area contributed by atoms with Gasteiger partial charge in [-0.2, -0.15) is 4.99 Å². The van der Waals surface area contributed by atoms with Crippen LogP contribution >= 0.6 is 0 Å². The van der Waals surface area contributed by atoms with Crippen LogP contribution in [0.3, 0.4) is 0 Å². The van der Waals surface area contributed by atoms with Gasteiger partial charge in [-0.05, 0) is 36.6 Å². The summed E-state index contributed by atoms with van der Waals surface area (Å²) >= 11 is 0. The molecule has 1 heterocycles. The fourth-order valence-electron chi connectivity index (χ4n) is 2.35. The second-order valence-electron chi connectivity index (χ2n) is 5.66. The van der Waals surface area contributed by atoms with Crippen molar-refractivity contribution in [1.82, 2.24) is 0 Å². The number of nitrogens with zero attached hydrogens (tertiary/aromatic N) is 2. The molecule has 2 aromatic rings. The fourth-order valence-corrected chi connectivity index (χ4v) is 2.35. The summed E-state index contributed by atoms with van der Waals surface area (Å²) in [6.45, 7) is 4.81. The maximum Gasteiger partial charge on any atom is 0.411 e. The van der Waals surface area contributed by atoms with Crippen molar-refractivity contribution in [2.24, 2.45) is 4.99 Å². The lowest BCUT2D eigenvalue weighted by atomic mass is 10.2. The molecule has 0 radical (unpaired) electrons. The zero-order chi connectivity index (χ0) is 18.1. The smallest absolute Gasteiger partial charge is 0.411 e. The minimum Gasteiger partial charge on any atom is -0.443 e. The van der Waals surface area contributed by atoms with Gasteiger partial charge in [-0.25, -0.2) is 14.2 Å². The predicted molar refractivity (Wildman–Crippen MR) is 94.6 cm³/mol. The van der Waals surface area contributed by atoms with Crippen molar-refractivity contribution in [1.29, 1.82) is 0 Å². The normalized spacial score (nSPS) is 10.0. The topological polar surface area (TPSA) is 71.6 Å². The quantitative estimate of drug-likeness (QED) is 0.477. The number of rotatable bonds is 7. The highest BCUT2D eigenvalue weighted by molar-refractivity contribution is 5.85. The van der Waals surface area contributed by atoms with Crippen LogP contribution in [0.25, 0.3) is 0 Å². The second-order valence-corrected chi connectivity index (χ2v) is 5.66. The number of isocyanates is 1. The molecule has 1 aromatic heterocycles. The first-order valence-corrected chi connectivity index (χ1v) is 8.22. The molecule has 0 saturated carbocycles. The van der Waals surface area contributed by atoms with Crippen molar-refractivity contribution >= 4 is 23.5 Å². The molecule has 0 aliphatic rings. The summed E-state index contributed by atoms with van der Waals surface area (Å²) in [5, 5.41) is 2.62. The Morgan fingerprint density at radius 2 is 2.04 bits per heavy atom. The zero-order valence-electron chi connectivity index (χ0n) is 14.5. The van der Waals surface area contributed by atoms with E-state index in [1.165, 1.54) is 11.6 Å². The molecule has 1 aromatic carbocycles. The Hall–Kier alpha value is -2.98. The van der Waals surface area contributed by atoms with Crippen molar-refractivity contribution < 1.29 is 18.9 Å². The van der Waals surface area contributed by atoms with E-state index in [1.54, 1.807) is 18.2 Å². The van der Waals surface area contributed by atoms with Crippen molar-refractivity contribution in [2.45, 2.75) is 33.2 Å². The van der Waals surface area contributed by atoms with Crippen molar-refractivity contribution in [3.8, 4) is 0 Å². The molecule has 6 heteroatoms. The number of amides is 1. The van der Waals surface area contributed by atoms with Gasteiger partial charge in [0.2, 0.25) is 6.08 Å². The lowest BCUT2D eigenvalue weighted by Crippen LogP contribution is -2.36. The molecule has 0 fully saturated rings. The van der Waals surface area contributed by atoms with E-state index in [4.69, 9.17) is 4.74 Å². The van der Waals surface area contributed by atoms with E-state index in [-0.39, 0.29) is 6.61 Å². The summed E-state index contributed by atoms with van der Waals surface area (Å²) in [7, 11) is 0. The molecule has 25 heavy (non-hydrogen) atoms. The number of carbonyl (C=O) groups is 1. The third-order valence-electron chi connectivity index (χ3n) is 3.70. The first-order valence-electron chi connectivity index (χ1n) is 8.22. The lowest BCUT2D eigenvalue weighted by Gasteiger charge is -2.07. The maximum atomic E-state index is 11.8. The third kappa shape index (κ3) is 5.86. The van der Waals surface area contributed by atoms with Gasteiger partial charge in [-0.1, -0.05) is 19.4 Å². The molecular weight excluding hydrogens is 318 g/mol. The third-order valence-corrected chi connectivity index (χ3v) is 3.70. The number of hydrogen-bond acceptors (Lipinski definition) is 4. The Bertz CT molecular complexity index is 766. The second kappa shape index (κ2) is 9.35. The highest BCUT2D eigenvalue weighted by atomic mass is 16.5. The van der Waals surface area contributed by atoms with E-state index < -0.39 is 6.09 Å². The lowest BCUT2D eigenvalue weighted by molar-refractivity contribution is -0.697. The van der Waals surface area contributed by atoms with Crippen LogP contribution in [0.2, 0.25) is 0 Å². The fraction of sp³-hybridized carbons (Fsp3) is 0.316. The predicted octanol–water partition coefficient (Wildman–Crippen LogP) is 3.45. The summed E-state index contributed by atoms with van der Waals surface area (Å²) in [4.78, 5) is 25.8. The largest absolute Gasteiger partial charge is 0.443 e. The summed E-state index contributed by atoms with van der Waals surface area (Å²) in [6.07, 6.45) is 7.09. The van der Waals surface area contributed by atoms with Crippen LogP contribution in [-0.4, -0.2) is 18.8 Å². The van der Waals surface area contributed by atoms with E-state index in [0.29, 0.717) is 17.9 Å². The van der Waals surface area contributed by atoms with Crippen molar-refractivity contribution in [3.63, 3.8) is 0 Å². The summed E-state index contributed by atoms with van der Waals surface area (Å²) in [6, 6.07) is 9.24. The highest BCUT2D eigenvalue weighted by Crippen LogP contribution is 2.22. The van der Waals surface area contributed by atoms with E-state index in [1.807, 2.05) is 23.9 Å². The van der Waals surface area contributed by atoms with Crippen LogP contribution in [0, 0.1) is 6.92 Å². The number of aryl methyl sites for hydroxylation is 2. The number of benzene rings is 1. The molecule has 0 saturated heterocycles. The maximum absolute atomic E-state index is 11.8. The number of nitrogens with one attached hydrogen (secondary N) is 1. The van der Waals surface area contributed by atoms with Crippen LogP contribution in [-0.2, 0) is 22.5 Å². The summed E-state index contributed by atoms with van der Waals surface area (Å²) < 4.78 is 7.15. The first-order chi connectivity index (χ1) is 12.1. The SMILES string of the molecule is CCCc1cc[n+](CCOC(=O)Nc2ccc(C)c(N=C=O)c2)cc1. The van der Waals surface area contributed by atoms with Gasteiger partial charge in [0.1, 0.15) is 0 Å². The minimum atomic E-state index is -0.548. The molecule has 2 rings (SSSR count). The van der Waals surface area contributed by atoms with Gasteiger partial charge in [-0.3, -0.25) is 5.32 Å². The Labute approximate surface area is 147 Å². The molecule has 130 valence electrons. The van der Waals surface area contributed by atoms with Gasteiger partial charge < -0.3 is 4.74 Å². The van der Waals surface area contributed by atoms with Crippen LogP contribution in [0.5, 0.6) is 0 Å². The molecule has 0 aliphatic carbocycles. The minimum absolute atomic E-state index is 0.259. The number of carbonyl (C=O) groups excluding carboxylic acids is 2. The van der Waals surface area contributed by atoms with Gasteiger partial charge >= 0.3 is 6.09 Å². The Morgan fingerprint density at radius 1 is 1.28 bits per heavy atom. The van der Waals surface area contributed by atoms with Crippen LogP contribution in [0.4, 0.5) is 16.2 Å². The monoisotopic (exact) mass is 340 g/mol. The van der Waals surface area contributed by atoms with E-state index in [0.717, 1.165) is 18.4 Å². The van der Waals surface area contributed by atoms with Crippen molar-refractivity contribution in [3.05, 3.63) is 53.9 Å². The molecule has 0 spiro atoms. The van der Waals surface area contributed by atoms with E-state index >= 15 is 0 Å². The first kappa shape index (κ1) is 18.4. The number of anilines is 1. The molecule has 1 amide bonds. The molecule has 1 N–H and O–H groups in total. The average molecular weight is 340 g/mol. The molecule has 0 aliphatic heterocycles. The average Bonchev–Trinajstić information content (AvgIpc) is 2.60. The standard InChI is InChI=1S/C19H21N3O3/c1-3-4-16-7-9-22(10-8-16)11-12-25-19(24)21-17-6-5-15(2)18(13-17)20-14-23/h5-10,13H,3-4,11-12H2,1-2H3/p+1. The number of ether oxygens (including phenoxy) is 1. The van der Waals surface area contributed by atoms with Crippen LogP contribution in [0.1, 0.15) is 24.5 Å². The Morgan fingerprint density at radius 3 is 2.72 bits per heavy atom. The molecule has 6 nitrogen and oxygen atoms in total. The highest BCUT2D eigenvalue weighted by Gasteiger charge is 2.07. The Balaban J connectivity index is 1.82. The molecule has 0 unspecified atom stereocenters. The molecule has 0 atom stereocenters. The number of hydrogen-bond donors (Lipinski definition) is 1. The van der Waals surface area contributed by atoms with Crippen LogP contribution in [0.15, 0.2) is 47.7 Å². The summed E-state index contributed by atoms with van der Waals surface area (Å²) in [5.41, 5.74) is 3.10. The molecule has 0 bridgehead atoms. The molecular formula is C19H22N3O3+. The van der Waals surface area contributed by atoms with Gasteiger partial charge in [0.05, 0.1) is 5.69 Å². The van der Waals surface area contributed by atoms with Crippen LogP contribution < -0.4 is 9.88 Å². The van der Waals surface area contributed by atoms with Gasteiger partial charge in [-0.15, -0.1) is 0 Å².